The molecular weight excluding hydrogens is 388 g/mol. The average molecular weight is 419 g/mol. The second kappa shape index (κ2) is 8.46. The number of anilines is 1. The topological polar surface area (TPSA) is 60.9 Å². The van der Waals surface area contributed by atoms with E-state index < -0.39 is 0 Å². The van der Waals surface area contributed by atoms with E-state index in [-0.39, 0.29) is 42.3 Å². The maximum absolute atomic E-state index is 13.4. The van der Waals surface area contributed by atoms with Crippen molar-refractivity contribution in [2.75, 3.05) is 18.1 Å². The molecule has 2 aromatic carbocycles. The van der Waals surface area contributed by atoms with Crippen LogP contribution in [-0.4, -0.2) is 47.1 Å². The lowest BCUT2D eigenvalue weighted by Gasteiger charge is -2.59. The molecule has 2 amide bonds. The van der Waals surface area contributed by atoms with Gasteiger partial charge < -0.3 is 14.9 Å². The number of fused-ring (bicyclic) bond motifs is 3. The summed E-state index contributed by atoms with van der Waals surface area (Å²) < 4.78 is 0. The molecule has 2 aliphatic heterocycles. The van der Waals surface area contributed by atoms with Gasteiger partial charge >= 0.3 is 0 Å². The molecule has 162 valence electrons. The quantitative estimate of drug-likeness (QED) is 0.827. The molecule has 5 rings (SSSR count). The van der Waals surface area contributed by atoms with E-state index in [0.29, 0.717) is 13.0 Å². The third kappa shape index (κ3) is 3.55. The summed E-state index contributed by atoms with van der Waals surface area (Å²) in [5.74, 6) is 0.383. The van der Waals surface area contributed by atoms with Gasteiger partial charge in [0.25, 0.3) is 0 Å². The van der Waals surface area contributed by atoms with Gasteiger partial charge in [0.15, 0.2) is 0 Å². The van der Waals surface area contributed by atoms with E-state index in [0.717, 1.165) is 42.5 Å². The van der Waals surface area contributed by atoms with Crippen LogP contribution in [0.1, 0.15) is 49.1 Å². The van der Waals surface area contributed by atoms with Crippen LogP contribution in [0.25, 0.3) is 0 Å². The second-order valence-corrected chi connectivity index (χ2v) is 9.15. The smallest absolute Gasteiger partial charge is 0.231 e. The minimum Gasteiger partial charge on any atom is -0.394 e. The largest absolute Gasteiger partial charge is 0.394 e. The molecular formula is C26H30N2O3. The van der Waals surface area contributed by atoms with Gasteiger partial charge in [-0.2, -0.15) is 0 Å². The molecule has 31 heavy (non-hydrogen) atoms. The maximum atomic E-state index is 13.4. The van der Waals surface area contributed by atoms with Crippen molar-refractivity contribution in [1.29, 1.82) is 0 Å². The van der Waals surface area contributed by atoms with Crippen molar-refractivity contribution in [3.63, 3.8) is 0 Å². The molecule has 1 aliphatic carbocycles. The summed E-state index contributed by atoms with van der Waals surface area (Å²) in [6.07, 6.45) is 5.64. The van der Waals surface area contributed by atoms with Gasteiger partial charge in [-0.1, -0.05) is 67.8 Å². The Morgan fingerprint density at radius 1 is 0.935 bits per heavy atom. The van der Waals surface area contributed by atoms with E-state index in [2.05, 4.69) is 6.07 Å². The fourth-order valence-corrected chi connectivity index (χ4v) is 5.85. The van der Waals surface area contributed by atoms with E-state index in [1.54, 1.807) is 0 Å². The van der Waals surface area contributed by atoms with E-state index in [9.17, 15) is 14.7 Å². The molecule has 1 saturated carbocycles. The molecule has 2 fully saturated rings. The molecule has 1 saturated heterocycles. The highest BCUT2D eigenvalue weighted by molar-refractivity contribution is 5.97. The third-order valence-electron chi connectivity index (χ3n) is 7.40. The molecule has 0 spiro atoms. The minimum absolute atomic E-state index is 0.0358. The van der Waals surface area contributed by atoms with Crippen LogP contribution in [0.4, 0.5) is 5.69 Å². The number of para-hydroxylation sites is 1. The van der Waals surface area contributed by atoms with Crippen molar-refractivity contribution in [2.45, 2.75) is 56.5 Å². The van der Waals surface area contributed by atoms with Crippen molar-refractivity contribution < 1.29 is 14.7 Å². The van der Waals surface area contributed by atoms with Crippen LogP contribution >= 0.6 is 0 Å². The Hall–Kier alpha value is -2.66. The number of carbonyl (C=O) groups excluding carboxylic acids is 2. The monoisotopic (exact) mass is 418 g/mol. The molecule has 3 aliphatic rings. The van der Waals surface area contributed by atoms with Crippen LogP contribution in [0.15, 0.2) is 54.6 Å². The van der Waals surface area contributed by atoms with Gasteiger partial charge in [-0.05, 0) is 30.0 Å². The van der Waals surface area contributed by atoms with Crippen LogP contribution in [-0.2, 0) is 16.0 Å². The third-order valence-corrected chi connectivity index (χ3v) is 7.40. The number of hydrogen-bond acceptors (Lipinski definition) is 3. The second-order valence-electron chi connectivity index (χ2n) is 9.15. The van der Waals surface area contributed by atoms with Crippen LogP contribution in [0.3, 0.4) is 0 Å². The Kier molecular flexibility index (Phi) is 5.53. The highest BCUT2D eigenvalue weighted by Crippen LogP contribution is 2.49. The molecule has 1 N–H and O–H groups in total. The van der Waals surface area contributed by atoms with Gasteiger partial charge in [0.2, 0.25) is 11.8 Å². The Morgan fingerprint density at radius 3 is 2.39 bits per heavy atom. The van der Waals surface area contributed by atoms with Crippen molar-refractivity contribution in [3.8, 4) is 0 Å². The Balaban J connectivity index is 1.43. The number of rotatable bonds is 4. The number of likely N-dealkylation sites (tertiary alicyclic amines) is 1. The lowest BCUT2D eigenvalue weighted by atomic mass is 9.70. The zero-order valence-corrected chi connectivity index (χ0v) is 17.8. The van der Waals surface area contributed by atoms with Gasteiger partial charge in [0.1, 0.15) is 0 Å². The van der Waals surface area contributed by atoms with Gasteiger partial charge in [0, 0.05) is 24.1 Å². The molecule has 0 radical (unpaired) electrons. The summed E-state index contributed by atoms with van der Waals surface area (Å²) in [6, 6.07) is 17.5. The number of amides is 2. The predicted octanol–water partition coefficient (Wildman–Crippen LogP) is 3.51. The van der Waals surface area contributed by atoms with Gasteiger partial charge in [-0.3, -0.25) is 9.59 Å². The van der Waals surface area contributed by atoms with Crippen LogP contribution in [0.5, 0.6) is 0 Å². The normalized spacial score (nSPS) is 25.4. The van der Waals surface area contributed by atoms with Crippen LogP contribution < -0.4 is 4.90 Å². The molecule has 0 aromatic heterocycles. The van der Waals surface area contributed by atoms with Crippen LogP contribution in [0, 0.1) is 5.92 Å². The molecule has 0 unspecified atom stereocenters. The summed E-state index contributed by atoms with van der Waals surface area (Å²) >= 11 is 0. The first-order chi connectivity index (χ1) is 15.2. The first-order valence-corrected chi connectivity index (χ1v) is 11.6. The standard InChI is InChI=1S/C26H30N2O3/c29-17-23-25-20-13-7-8-14-21(20)27(24(30)15-18-9-3-1-4-10-18)16-22(25)28(23)26(31)19-11-5-2-6-12-19/h1,3-4,7-10,13-14,19,22-23,25,29H,2,5-6,11-12,15-17H2/t22-,23+,25+/m1/s1. The van der Waals surface area contributed by atoms with E-state index in [4.69, 9.17) is 0 Å². The van der Waals surface area contributed by atoms with Crippen molar-refractivity contribution in [2.24, 2.45) is 5.92 Å². The number of hydrogen-bond donors (Lipinski definition) is 1. The Labute approximate surface area is 183 Å². The van der Waals surface area contributed by atoms with Crippen molar-refractivity contribution in [1.82, 2.24) is 4.90 Å². The highest BCUT2D eigenvalue weighted by atomic mass is 16.3. The molecule has 0 bridgehead atoms. The van der Waals surface area contributed by atoms with E-state index >= 15 is 0 Å². The van der Waals surface area contributed by atoms with Crippen molar-refractivity contribution in [3.05, 3.63) is 65.7 Å². The summed E-state index contributed by atoms with van der Waals surface area (Å²) in [7, 11) is 0. The molecule has 3 atom stereocenters. The lowest BCUT2D eigenvalue weighted by Crippen LogP contribution is -2.71. The lowest BCUT2D eigenvalue weighted by molar-refractivity contribution is -0.156. The maximum Gasteiger partial charge on any atom is 0.231 e. The van der Waals surface area contributed by atoms with E-state index in [1.165, 1.54) is 6.42 Å². The average Bonchev–Trinajstić information content (AvgIpc) is 2.80. The predicted molar refractivity (Wildman–Crippen MR) is 120 cm³/mol. The summed E-state index contributed by atoms with van der Waals surface area (Å²) in [4.78, 5) is 30.5. The SMILES string of the molecule is O=C(Cc1ccccc1)N1C[C@@H]2[C@H](c3ccccc31)[C@H](CO)N2C(=O)C1CCCCC1. The van der Waals surface area contributed by atoms with Crippen molar-refractivity contribution >= 4 is 17.5 Å². The van der Waals surface area contributed by atoms with Crippen LogP contribution in [0.2, 0.25) is 0 Å². The number of aliphatic hydroxyl groups is 1. The highest BCUT2D eigenvalue weighted by Gasteiger charge is 2.55. The van der Waals surface area contributed by atoms with Gasteiger partial charge in [0.05, 0.1) is 25.1 Å². The van der Waals surface area contributed by atoms with E-state index in [1.807, 2.05) is 58.3 Å². The Bertz CT molecular complexity index is 954. The summed E-state index contributed by atoms with van der Waals surface area (Å²) in [6.45, 7) is 0.466. The number of nitrogens with zero attached hydrogens (tertiary/aromatic N) is 2. The molecule has 5 nitrogen and oxygen atoms in total. The first-order valence-electron chi connectivity index (χ1n) is 11.6. The molecule has 2 heterocycles. The number of aliphatic hydroxyl groups excluding tert-OH is 1. The number of carbonyl (C=O) groups is 2. The number of benzene rings is 2. The minimum atomic E-state index is -0.188. The summed E-state index contributed by atoms with van der Waals surface area (Å²) in [5, 5.41) is 10.2. The van der Waals surface area contributed by atoms with Gasteiger partial charge in [-0.15, -0.1) is 0 Å². The molecule has 2 aromatic rings. The zero-order chi connectivity index (χ0) is 21.4. The first kappa shape index (κ1) is 20.3. The molecule has 5 heteroatoms. The fraction of sp³-hybridized carbons (Fsp3) is 0.462. The Morgan fingerprint density at radius 2 is 1.65 bits per heavy atom. The zero-order valence-electron chi connectivity index (χ0n) is 17.8. The fourth-order valence-electron chi connectivity index (χ4n) is 5.85. The summed E-state index contributed by atoms with van der Waals surface area (Å²) in [5.41, 5.74) is 2.99. The van der Waals surface area contributed by atoms with Gasteiger partial charge in [-0.25, -0.2) is 0 Å².